The van der Waals surface area contributed by atoms with E-state index in [0.29, 0.717) is 30.9 Å². The molecule has 1 fully saturated rings. The molecule has 0 spiro atoms. The van der Waals surface area contributed by atoms with Crippen LogP contribution < -0.4 is 4.90 Å². The van der Waals surface area contributed by atoms with Crippen molar-refractivity contribution in [3.8, 4) is 0 Å². The standard InChI is InChI=1S/C12H15N3O4/c1-8-6-13-10(5-9(8)15(18)19)14-4-3-12(2,7-14)11(16)17/h5-6H,3-4,7H2,1-2H3,(H,16,17). The zero-order chi connectivity index (χ0) is 14.2. The third kappa shape index (κ3) is 2.35. The summed E-state index contributed by atoms with van der Waals surface area (Å²) in [4.78, 5) is 27.5. The Morgan fingerprint density at radius 3 is 2.84 bits per heavy atom. The SMILES string of the molecule is Cc1cnc(N2CCC(C)(C(=O)O)C2)cc1[N+](=O)[O-]. The normalized spacial score (nSPS) is 22.5. The van der Waals surface area contributed by atoms with Crippen LogP contribution >= 0.6 is 0 Å². The third-order valence-electron chi connectivity index (χ3n) is 3.57. The molecule has 7 heteroatoms. The highest BCUT2D eigenvalue weighted by molar-refractivity contribution is 5.76. The Bertz CT molecular complexity index is 546. The van der Waals surface area contributed by atoms with Crippen LogP contribution in [0.25, 0.3) is 0 Å². The van der Waals surface area contributed by atoms with Gasteiger partial charge in [0.15, 0.2) is 0 Å². The molecular formula is C12H15N3O4. The minimum Gasteiger partial charge on any atom is -0.481 e. The number of carbonyl (C=O) groups is 1. The first-order valence-corrected chi connectivity index (χ1v) is 5.93. The molecule has 0 radical (unpaired) electrons. The van der Waals surface area contributed by atoms with Crippen molar-refractivity contribution in [2.24, 2.45) is 5.41 Å². The summed E-state index contributed by atoms with van der Waals surface area (Å²) in [6, 6.07) is 1.41. The highest BCUT2D eigenvalue weighted by atomic mass is 16.6. The van der Waals surface area contributed by atoms with Crippen molar-refractivity contribution in [2.45, 2.75) is 20.3 Å². The van der Waals surface area contributed by atoms with E-state index in [2.05, 4.69) is 4.98 Å². The summed E-state index contributed by atoms with van der Waals surface area (Å²) < 4.78 is 0. The second-order valence-corrected chi connectivity index (χ2v) is 5.12. The van der Waals surface area contributed by atoms with Gasteiger partial charge < -0.3 is 10.0 Å². The fraction of sp³-hybridized carbons (Fsp3) is 0.500. The number of aliphatic carboxylic acids is 1. The van der Waals surface area contributed by atoms with Gasteiger partial charge >= 0.3 is 5.97 Å². The van der Waals surface area contributed by atoms with E-state index in [1.807, 2.05) is 0 Å². The number of carboxylic acids is 1. The van der Waals surface area contributed by atoms with Crippen molar-refractivity contribution in [3.63, 3.8) is 0 Å². The van der Waals surface area contributed by atoms with Crippen LogP contribution in [0.5, 0.6) is 0 Å². The fourth-order valence-corrected chi connectivity index (χ4v) is 2.20. The maximum absolute atomic E-state index is 11.2. The Labute approximate surface area is 110 Å². The van der Waals surface area contributed by atoms with Gasteiger partial charge in [-0.2, -0.15) is 0 Å². The van der Waals surface area contributed by atoms with Gasteiger partial charge in [-0.05, 0) is 20.3 Å². The summed E-state index contributed by atoms with van der Waals surface area (Å²) in [7, 11) is 0. The maximum atomic E-state index is 11.2. The first kappa shape index (κ1) is 13.3. The highest BCUT2D eigenvalue weighted by Gasteiger charge is 2.41. The van der Waals surface area contributed by atoms with Crippen molar-refractivity contribution in [3.05, 3.63) is 27.9 Å². The summed E-state index contributed by atoms with van der Waals surface area (Å²) in [6.07, 6.45) is 1.95. The van der Waals surface area contributed by atoms with E-state index < -0.39 is 16.3 Å². The second kappa shape index (κ2) is 4.49. The van der Waals surface area contributed by atoms with E-state index in [4.69, 9.17) is 5.11 Å². The molecule has 102 valence electrons. The van der Waals surface area contributed by atoms with E-state index in [1.165, 1.54) is 12.3 Å². The van der Waals surface area contributed by atoms with Gasteiger partial charge in [0.2, 0.25) is 0 Å². The minimum absolute atomic E-state index is 0.00827. The number of rotatable bonds is 3. The summed E-state index contributed by atoms with van der Waals surface area (Å²) >= 11 is 0. The molecule has 7 nitrogen and oxygen atoms in total. The maximum Gasteiger partial charge on any atom is 0.311 e. The predicted molar refractivity (Wildman–Crippen MR) is 68.2 cm³/mol. The summed E-state index contributed by atoms with van der Waals surface area (Å²) in [6.45, 7) is 4.16. The smallest absolute Gasteiger partial charge is 0.311 e. The lowest BCUT2D eigenvalue weighted by Crippen LogP contribution is -2.32. The van der Waals surface area contributed by atoms with Gasteiger partial charge in [0, 0.05) is 24.8 Å². The highest BCUT2D eigenvalue weighted by Crippen LogP contribution is 2.34. The van der Waals surface area contributed by atoms with Gasteiger partial charge in [-0.15, -0.1) is 0 Å². The predicted octanol–water partition coefficient (Wildman–Crippen LogP) is 1.60. The van der Waals surface area contributed by atoms with E-state index in [0.717, 1.165) is 0 Å². The molecule has 1 unspecified atom stereocenters. The molecule has 1 aliphatic rings. The van der Waals surface area contributed by atoms with Crippen molar-refractivity contribution < 1.29 is 14.8 Å². The molecule has 0 saturated carbocycles. The topological polar surface area (TPSA) is 96.6 Å². The number of pyridine rings is 1. The molecule has 0 aliphatic carbocycles. The molecule has 1 atom stereocenters. The van der Waals surface area contributed by atoms with Gasteiger partial charge in [0.1, 0.15) is 5.82 Å². The van der Waals surface area contributed by atoms with Gasteiger partial charge in [0.25, 0.3) is 5.69 Å². The van der Waals surface area contributed by atoms with Gasteiger partial charge in [0.05, 0.1) is 16.4 Å². The number of hydrogen-bond donors (Lipinski definition) is 1. The molecule has 1 saturated heterocycles. The average molecular weight is 265 g/mol. The van der Waals surface area contributed by atoms with Gasteiger partial charge in [-0.1, -0.05) is 0 Å². The first-order valence-electron chi connectivity index (χ1n) is 5.93. The molecule has 2 heterocycles. The molecule has 2 rings (SSSR count). The lowest BCUT2D eigenvalue weighted by molar-refractivity contribution is -0.385. The van der Waals surface area contributed by atoms with E-state index in [1.54, 1.807) is 18.7 Å². The summed E-state index contributed by atoms with van der Waals surface area (Å²) in [5.74, 6) is -0.390. The molecule has 1 aliphatic heterocycles. The zero-order valence-corrected chi connectivity index (χ0v) is 10.8. The largest absolute Gasteiger partial charge is 0.481 e. The number of aromatic nitrogens is 1. The van der Waals surface area contributed by atoms with Crippen LogP contribution in [0, 0.1) is 22.5 Å². The summed E-state index contributed by atoms with van der Waals surface area (Å²) in [5.41, 5.74) is -0.315. The van der Waals surface area contributed by atoms with Gasteiger partial charge in [-0.25, -0.2) is 4.98 Å². The lowest BCUT2D eigenvalue weighted by atomic mass is 9.90. The number of carboxylic acid groups (broad SMARTS) is 1. The molecule has 0 bridgehead atoms. The molecular weight excluding hydrogens is 250 g/mol. The Hall–Kier alpha value is -2.18. The summed E-state index contributed by atoms with van der Waals surface area (Å²) in [5, 5.41) is 20.1. The monoisotopic (exact) mass is 265 g/mol. The number of hydrogen-bond acceptors (Lipinski definition) is 5. The Kier molecular flexibility index (Phi) is 3.13. The fourth-order valence-electron chi connectivity index (χ4n) is 2.20. The van der Waals surface area contributed by atoms with E-state index in [-0.39, 0.29) is 5.69 Å². The van der Waals surface area contributed by atoms with Crippen molar-refractivity contribution >= 4 is 17.5 Å². The van der Waals surface area contributed by atoms with Crippen LogP contribution in [0.1, 0.15) is 18.9 Å². The van der Waals surface area contributed by atoms with Crippen LogP contribution in [-0.2, 0) is 4.79 Å². The second-order valence-electron chi connectivity index (χ2n) is 5.12. The molecule has 19 heavy (non-hydrogen) atoms. The minimum atomic E-state index is -0.850. The number of nitrogens with zero attached hydrogens (tertiary/aromatic N) is 3. The number of anilines is 1. The van der Waals surface area contributed by atoms with E-state index in [9.17, 15) is 14.9 Å². The van der Waals surface area contributed by atoms with Crippen molar-refractivity contribution in [1.29, 1.82) is 0 Å². The Balaban J connectivity index is 2.28. The first-order chi connectivity index (χ1) is 8.83. The van der Waals surface area contributed by atoms with Crippen LogP contribution in [-0.4, -0.2) is 34.1 Å². The Morgan fingerprint density at radius 1 is 1.63 bits per heavy atom. The van der Waals surface area contributed by atoms with E-state index >= 15 is 0 Å². The van der Waals surface area contributed by atoms with Crippen LogP contribution in [0.3, 0.4) is 0 Å². The number of aryl methyl sites for hydroxylation is 1. The quantitative estimate of drug-likeness (QED) is 0.658. The third-order valence-corrected chi connectivity index (χ3v) is 3.57. The molecule has 0 amide bonds. The zero-order valence-electron chi connectivity index (χ0n) is 10.8. The Morgan fingerprint density at radius 2 is 2.32 bits per heavy atom. The average Bonchev–Trinajstić information content (AvgIpc) is 2.73. The van der Waals surface area contributed by atoms with Gasteiger partial charge in [-0.3, -0.25) is 14.9 Å². The molecule has 1 aromatic rings. The molecule has 0 aromatic carbocycles. The molecule has 1 N–H and O–H groups in total. The van der Waals surface area contributed by atoms with Crippen molar-refractivity contribution in [2.75, 3.05) is 18.0 Å². The van der Waals surface area contributed by atoms with Crippen LogP contribution in [0.4, 0.5) is 11.5 Å². The number of nitro groups is 1. The van der Waals surface area contributed by atoms with Crippen LogP contribution in [0.2, 0.25) is 0 Å². The van der Waals surface area contributed by atoms with Crippen molar-refractivity contribution in [1.82, 2.24) is 4.98 Å². The lowest BCUT2D eigenvalue weighted by Gasteiger charge is -2.20. The van der Waals surface area contributed by atoms with Crippen LogP contribution in [0.15, 0.2) is 12.3 Å². The molecule has 1 aromatic heterocycles.